The summed E-state index contributed by atoms with van der Waals surface area (Å²) < 4.78 is 15.7. The van der Waals surface area contributed by atoms with Crippen molar-refractivity contribution in [3.05, 3.63) is 29.8 Å². The Bertz CT molecular complexity index is 730. The molecule has 25 heavy (non-hydrogen) atoms. The molecular weight excluding hydrogens is 392 g/mol. The van der Waals surface area contributed by atoms with Crippen molar-refractivity contribution in [2.75, 3.05) is 13.7 Å². The fraction of sp³-hybridized carbons (Fsp3) is 0.500. The molecule has 0 aromatic heterocycles. The second-order valence-corrected chi connectivity index (χ2v) is 7.78. The number of methoxy groups -OCH3 is 1. The van der Waals surface area contributed by atoms with E-state index < -0.39 is 17.8 Å². The Morgan fingerprint density at radius 1 is 1.24 bits per heavy atom. The van der Waals surface area contributed by atoms with Gasteiger partial charge in [-0.05, 0) is 36.6 Å². The number of esters is 2. The van der Waals surface area contributed by atoms with Gasteiger partial charge in [-0.1, -0.05) is 15.9 Å². The number of halogens is 1. The number of ether oxygens (including phenoxy) is 3. The molecule has 1 aromatic carbocycles. The van der Waals surface area contributed by atoms with E-state index in [-0.39, 0.29) is 41.1 Å². The molecule has 1 aromatic rings. The summed E-state index contributed by atoms with van der Waals surface area (Å²) in [5.74, 6) is -1.29. The summed E-state index contributed by atoms with van der Waals surface area (Å²) in [6, 6.07) is 6.60. The van der Waals surface area contributed by atoms with Gasteiger partial charge in [-0.25, -0.2) is 0 Å². The van der Waals surface area contributed by atoms with Crippen LogP contribution in [-0.4, -0.2) is 42.4 Å². The van der Waals surface area contributed by atoms with Gasteiger partial charge in [-0.3, -0.25) is 14.4 Å². The summed E-state index contributed by atoms with van der Waals surface area (Å²) in [5.41, 5.74) is 0.445. The molecule has 1 heterocycles. The van der Waals surface area contributed by atoms with Gasteiger partial charge < -0.3 is 14.2 Å². The molecule has 0 unspecified atom stereocenters. The van der Waals surface area contributed by atoms with Gasteiger partial charge in [0.2, 0.25) is 0 Å². The molecule has 2 aliphatic carbocycles. The van der Waals surface area contributed by atoms with Gasteiger partial charge in [0.25, 0.3) is 0 Å². The zero-order valence-corrected chi connectivity index (χ0v) is 15.1. The normalized spacial score (nSPS) is 34.7. The van der Waals surface area contributed by atoms with Crippen LogP contribution in [0.25, 0.3) is 0 Å². The number of benzene rings is 1. The SMILES string of the molecule is COc1ccc(C(=O)COC(=O)[C@@H]2[C@@H]3C[C@H]4[C@H](OC(=O)[C@@H]42)[C@@H]3Br)cc1. The second-order valence-electron chi connectivity index (χ2n) is 6.72. The molecule has 3 aliphatic rings. The van der Waals surface area contributed by atoms with E-state index >= 15 is 0 Å². The number of hydrogen-bond acceptors (Lipinski definition) is 6. The zero-order chi connectivity index (χ0) is 17.7. The summed E-state index contributed by atoms with van der Waals surface area (Å²) in [5, 5.41) is 0. The Morgan fingerprint density at radius 3 is 2.64 bits per heavy atom. The topological polar surface area (TPSA) is 78.9 Å². The molecule has 7 heteroatoms. The van der Waals surface area contributed by atoms with E-state index in [1.165, 1.54) is 0 Å². The first-order valence-corrected chi connectivity index (χ1v) is 9.11. The standard InChI is InChI=1S/C18H17BrO6/c1-23-9-4-2-8(3-5-9)12(20)7-24-17(21)13-10-6-11-14(13)18(22)25-16(11)15(10)19/h2-5,10-11,13-16H,6-7H2,1H3/t10-,11+,13+,14-,15+,16-/m0/s1. The number of rotatable bonds is 5. The minimum Gasteiger partial charge on any atom is -0.497 e. The summed E-state index contributed by atoms with van der Waals surface area (Å²) in [4.78, 5) is 36.7. The largest absolute Gasteiger partial charge is 0.497 e. The van der Waals surface area contributed by atoms with Gasteiger partial charge in [0.15, 0.2) is 12.4 Å². The quantitative estimate of drug-likeness (QED) is 0.421. The van der Waals surface area contributed by atoms with Crippen LogP contribution in [0.3, 0.4) is 0 Å². The van der Waals surface area contributed by atoms with Crippen LogP contribution in [0.5, 0.6) is 5.75 Å². The summed E-state index contributed by atoms with van der Waals surface area (Å²) in [6.45, 7) is -0.336. The highest BCUT2D eigenvalue weighted by atomic mass is 79.9. The Hall–Kier alpha value is -1.89. The third-order valence-corrected chi connectivity index (χ3v) is 6.75. The fourth-order valence-electron chi connectivity index (χ4n) is 4.39. The average Bonchev–Trinajstić information content (AvgIpc) is 3.23. The highest BCUT2D eigenvalue weighted by Crippen LogP contribution is 2.60. The first kappa shape index (κ1) is 16.6. The third-order valence-electron chi connectivity index (χ3n) is 5.55. The van der Waals surface area contributed by atoms with Crippen molar-refractivity contribution >= 4 is 33.7 Å². The zero-order valence-electron chi connectivity index (χ0n) is 13.5. The van der Waals surface area contributed by atoms with Gasteiger partial charge in [0, 0.05) is 11.5 Å². The number of fused-ring (bicyclic) bond motifs is 1. The summed E-state index contributed by atoms with van der Waals surface area (Å²) >= 11 is 3.55. The maximum atomic E-state index is 12.5. The van der Waals surface area contributed by atoms with Crippen LogP contribution in [-0.2, 0) is 19.1 Å². The van der Waals surface area contributed by atoms with Crippen molar-refractivity contribution in [3.8, 4) is 5.75 Å². The van der Waals surface area contributed by atoms with Crippen molar-refractivity contribution in [2.45, 2.75) is 17.4 Å². The lowest BCUT2D eigenvalue weighted by molar-refractivity contribution is -0.154. The fourth-order valence-corrected chi connectivity index (χ4v) is 5.43. The number of carbonyl (C=O) groups is 3. The van der Waals surface area contributed by atoms with Crippen molar-refractivity contribution in [3.63, 3.8) is 0 Å². The van der Waals surface area contributed by atoms with Crippen molar-refractivity contribution in [1.82, 2.24) is 0 Å². The summed E-state index contributed by atoms with van der Waals surface area (Å²) in [6.07, 6.45) is 0.649. The number of hydrogen-bond donors (Lipinski definition) is 0. The predicted molar refractivity (Wildman–Crippen MR) is 89.5 cm³/mol. The lowest BCUT2D eigenvalue weighted by Gasteiger charge is -2.26. The smallest absolute Gasteiger partial charge is 0.310 e. The van der Waals surface area contributed by atoms with Gasteiger partial charge >= 0.3 is 11.9 Å². The lowest BCUT2D eigenvalue weighted by atomic mass is 9.80. The van der Waals surface area contributed by atoms with E-state index in [0.29, 0.717) is 11.3 Å². The molecule has 0 N–H and O–H groups in total. The van der Waals surface area contributed by atoms with E-state index in [2.05, 4.69) is 15.9 Å². The van der Waals surface area contributed by atoms with Crippen molar-refractivity contribution in [2.24, 2.45) is 23.7 Å². The number of ketones is 1. The van der Waals surface area contributed by atoms with E-state index in [4.69, 9.17) is 14.2 Å². The maximum Gasteiger partial charge on any atom is 0.310 e. The number of Topliss-reactive ketones (excluding diaryl/α,β-unsaturated/α-hetero) is 1. The van der Waals surface area contributed by atoms with E-state index in [0.717, 1.165) is 6.42 Å². The van der Waals surface area contributed by atoms with Crippen molar-refractivity contribution < 1.29 is 28.6 Å². The van der Waals surface area contributed by atoms with E-state index in [1.54, 1.807) is 31.4 Å². The molecule has 6 nitrogen and oxygen atoms in total. The predicted octanol–water partition coefficient (Wildman–Crippen LogP) is 1.99. The number of carbonyl (C=O) groups excluding carboxylic acids is 3. The molecule has 1 saturated heterocycles. The first-order chi connectivity index (χ1) is 12.0. The van der Waals surface area contributed by atoms with Crippen LogP contribution in [0, 0.1) is 23.7 Å². The van der Waals surface area contributed by atoms with E-state index in [1.807, 2.05) is 0 Å². The molecule has 2 bridgehead atoms. The molecule has 4 rings (SSSR count). The van der Waals surface area contributed by atoms with Crippen LogP contribution >= 0.6 is 15.9 Å². The Labute approximate surface area is 152 Å². The third kappa shape index (κ3) is 2.56. The van der Waals surface area contributed by atoms with Crippen LogP contribution < -0.4 is 4.74 Å². The minimum absolute atomic E-state index is 0.0185. The molecule has 6 atom stereocenters. The second kappa shape index (κ2) is 6.12. The molecule has 3 fully saturated rings. The molecule has 132 valence electrons. The van der Waals surface area contributed by atoms with Crippen LogP contribution in [0.2, 0.25) is 0 Å². The first-order valence-electron chi connectivity index (χ1n) is 8.19. The molecule has 0 radical (unpaired) electrons. The van der Waals surface area contributed by atoms with Gasteiger partial charge in [-0.2, -0.15) is 0 Å². The monoisotopic (exact) mass is 408 g/mol. The lowest BCUT2D eigenvalue weighted by Crippen LogP contribution is -2.39. The summed E-state index contributed by atoms with van der Waals surface area (Å²) in [7, 11) is 1.55. The average molecular weight is 409 g/mol. The molecule has 0 spiro atoms. The van der Waals surface area contributed by atoms with Crippen LogP contribution in [0.1, 0.15) is 16.8 Å². The van der Waals surface area contributed by atoms with E-state index in [9.17, 15) is 14.4 Å². The van der Waals surface area contributed by atoms with Gasteiger partial charge in [0.1, 0.15) is 11.9 Å². The molecule has 0 amide bonds. The highest BCUT2D eigenvalue weighted by Gasteiger charge is 2.68. The minimum atomic E-state index is -0.524. The van der Waals surface area contributed by atoms with Crippen molar-refractivity contribution in [1.29, 1.82) is 0 Å². The molecule has 2 saturated carbocycles. The highest BCUT2D eigenvalue weighted by molar-refractivity contribution is 9.09. The van der Waals surface area contributed by atoms with Gasteiger partial charge in [0.05, 0.1) is 23.8 Å². The Balaban J connectivity index is 1.41. The van der Waals surface area contributed by atoms with Crippen LogP contribution in [0.15, 0.2) is 24.3 Å². The Kier molecular flexibility index (Phi) is 4.06. The Morgan fingerprint density at radius 2 is 1.96 bits per heavy atom. The van der Waals surface area contributed by atoms with Crippen LogP contribution in [0.4, 0.5) is 0 Å². The maximum absolute atomic E-state index is 12.5. The van der Waals surface area contributed by atoms with Gasteiger partial charge in [-0.15, -0.1) is 0 Å². The molecule has 1 aliphatic heterocycles. The molecular formula is C18H17BrO6. The number of alkyl halides is 1.